The van der Waals surface area contributed by atoms with Crippen LogP contribution in [0.4, 0.5) is 14.5 Å². The van der Waals surface area contributed by atoms with Crippen LogP contribution in [-0.2, 0) is 11.2 Å². The molecule has 0 spiro atoms. The molecule has 1 aromatic rings. The molecule has 1 aromatic heterocycles. The molecule has 0 amide bonds. The van der Waals surface area contributed by atoms with Gasteiger partial charge in [-0.15, -0.1) is 0 Å². The van der Waals surface area contributed by atoms with Gasteiger partial charge in [0, 0.05) is 0 Å². The number of nitrogen functional groups attached to an aromatic ring is 1. The molecule has 0 aliphatic heterocycles. The van der Waals surface area contributed by atoms with Gasteiger partial charge in [-0.05, 0) is 34.2 Å². The molecule has 0 aliphatic carbocycles. The second-order valence-corrected chi connectivity index (χ2v) is 3.81. The summed E-state index contributed by atoms with van der Waals surface area (Å²) in [6, 6.07) is 1.23. The second kappa shape index (κ2) is 4.69. The Kier molecular flexibility index (Phi) is 3.77. The molecule has 7 heteroatoms. The number of aromatic nitrogens is 1. The van der Waals surface area contributed by atoms with Crippen LogP contribution in [0.2, 0.25) is 0 Å². The Balaban J connectivity index is 3.13. The first-order valence-corrected chi connectivity index (χ1v) is 4.94. The van der Waals surface area contributed by atoms with Crippen molar-refractivity contribution in [3.05, 3.63) is 21.0 Å². The van der Waals surface area contributed by atoms with E-state index >= 15 is 0 Å². The number of alkyl halides is 2. The van der Waals surface area contributed by atoms with Crippen molar-refractivity contribution in [3.8, 4) is 0 Å². The summed E-state index contributed by atoms with van der Waals surface area (Å²) in [6.45, 7) is 0. The van der Waals surface area contributed by atoms with Crippen molar-refractivity contribution in [2.75, 3.05) is 5.73 Å². The van der Waals surface area contributed by atoms with E-state index in [4.69, 9.17) is 10.8 Å². The van der Waals surface area contributed by atoms with Crippen molar-refractivity contribution in [2.24, 2.45) is 0 Å². The summed E-state index contributed by atoms with van der Waals surface area (Å²) >= 11 is 1.71. The minimum Gasteiger partial charge on any atom is -0.481 e. The van der Waals surface area contributed by atoms with Gasteiger partial charge in [-0.25, -0.2) is 13.8 Å². The van der Waals surface area contributed by atoms with Crippen LogP contribution in [0.15, 0.2) is 6.07 Å². The molecule has 1 heterocycles. The molecule has 0 unspecified atom stereocenters. The number of halogens is 3. The number of carboxylic acids is 1. The predicted octanol–water partition coefficient (Wildman–Crippen LogP) is 1.83. The molecule has 1 rings (SSSR count). The highest BCUT2D eigenvalue weighted by Crippen LogP contribution is 2.25. The maximum Gasteiger partial charge on any atom is 0.307 e. The van der Waals surface area contributed by atoms with E-state index in [1.54, 1.807) is 22.6 Å². The minimum atomic E-state index is -2.75. The number of hydrogen-bond acceptors (Lipinski definition) is 3. The van der Waals surface area contributed by atoms with Crippen LogP contribution in [0.3, 0.4) is 0 Å². The Morgan fingerprint density at radius 1 is 1.67 bits per heavy atom. The quantitative estimate of drug-likeness (QED) is 0.656. The Bertz CT molecular complexity index is 398. The number of rotatable bonds is 3. The number of nitrogens with two attached hydrogens (primary N) is 1. The van der Waals surface area contributed by atoms with Crippen LogP contribution in [-0.4, -0.2) is 16.1 Å². The summed E-state index contributed by atoms with van der Waals surface area (Å²) < 4.78 is 24.9. The van der Waals surface area contributed by atoms with Crippen LogP contribution in [0.25, 0.3) is 0 Å². The molecule has 3 N–H and O–H groups in total. The molecule has 0 aliphatic rings. The van der Waals surface area contributed by atoms with Gasteiger partial charge in [0.25, 0.3) is 6.43 Å². The summed E-state index contributed by atoms with van der Waals surface area (Å²) in [6.07, 6.45) is -3.03. The maximum atomic E-state index is 12.3. The average Bonchev–Trinajstić information content (AvgIpc) is 2.09. The lowest BCUT2D eigenvalue weighted by Gasteiger charge is -2.07. The maximum absolute atomic E-state index is 12.3. The first-order chi connectivity index (χ1) is 6.91. The number of aliphatic carboxylic acids is 1. The van der Waals surface area contributed by atoms with Crippen LogP contribution >= 0.6 is 22.6 Å². The molecule has 15 heavy (non-hydrogen) atoms. The van der Waals surface area contributed by atoms with Crippen molar-refractivity contribution in [2.45, 2.75) is 12.8 Å². The number of carbonyl (C=O) groups is 1. The molecular formula is C8H7F2IN2O2. The van der Waals surface area contributed by atoms with E-state index in [1.807, 2.05) is 0 Å². The summed E-state index contributed by atoms with van der Waals surface area (Å²) in [5, 5.41) is 8.54. The van der Waals surface area contributed by atoms with Gasteiger partial charge in [0.2, 0.25) is 0 Å². The van der Waals surface area contributed by atoms with Gasteiger partial charge in [0.1, 0.15) is 9.39 Å². The third kappa shape index (κ3) is 2.98. The summed E-state index contributed by atoms with van der Waals surface area (Å²) in [5.74, 6) is -1.06. The predicted molar refractivity (Wildman–Crippen MR) is 57.7 cm³/mol. The number of anilines is 1. The molecule has 0 radical (unpaired) electrons. The lowest BCUT2D eigenvalue weighted by atomic mass is 10.2. The van der Waals surface area contributed by atoms with Crippen LogP contribution in [0.1, 0.15) is 17.7 Å². The smallest absolute Gasteiger partial charge is 0.307 e. The number of pyridine rings is 1. The average molecular weight is 328 g/mol. The van der Waals surface area contributed by atoms with Gasteiger partial charge in [-0.1, -0.05) is 0 Å². The molecule has 4 nitrogen and oxygen atoms in total. The normalized spacial score (nSPS) is 10.7. The van der Waals surface area contributed by atoms with E-state index in [9.17, 15) is 13.6 Å². The first kappa shape index (κ1) is 12.1. The Hall–Kier alpha value is -0.990. The molecule has 0 fully saturated rings. The van der Waals surface area contributed by atoms with Crippen molar-refractivity contribution in [1.82, 2.24) is 4.98 Å². The van der Waals surface area contributed by atoms with Gasteiger partial charge in [0.15, 0.2) is 0 Å². The summed E-state index contributed by atoms with van der Waals surface area (Å²) in [4.78, 5) is 14.0. The molecule has 0 atom stereocenters. The highest BCUT2D eigenvalue weighted by Gasteiger charge is 2.17. The van der Waals surface area contributed by atoms with E-state index in [1.165, 1.54) is 6.07 Å². The molecular weight excluding hydrogens is 321 g/mol. The Morgan fingerprint density at radius 3 is 2.73 bits per heavy atom. The molecule has 0 bridgehead atoms. The summed E-state index contributed by atoms with van der Waals surface area (Å²) in [7, 11) is 0. The number of carboxylic acid groups (broad SMARTS) is 1. The first-order valence-electron chi connectivity index (χ1n) is 3.86. The fraction of sp³-hybridized carbons (Fsp3) is 0.250. The highest BCUT2D eigenvalue weighted by molar-refractivity contribution is 14.1. The Labute approximate surface area is 97.6 Å². The van der Waals surface area contributed by atoms with Gasteiger partial charge in [-0.2, -0.15) is 0 Å². The SMILES string of the molecule is Nc1cc(CC(=O)O)c(I)nc1C(F)F. The third-order valence-corrected chi connectivity index (χ3v) is 2.59. The van der Waals surface area contributed by atoms with Gasteiger partial charge >= 0.3 is 5.97 Å². The van der Waals surface area contributed by atoms with Gasteiger partial charge < -0.3 is 10.8 Å². The fourth-order valence-electron chi connectivity index (χ4n) is 1.02. The largest absolute Gasteiger partial charge is 0.481 e. The van der Waals surface area contributed by atoms with Crippen LogP contribution in [0.5, 0.6) is 0 Å². The topological polar surface area (TPSA) is 76.2 Å². The standard InChI is InChI=1S/C8H7F2IN2O2/c9-7(10)6-4(12)1-3(2-5(14)15)8(11)13-6/h1,7H,2,12H2,(H,14,15). The fourth-order valence-corrected chi connectivity index (χ4v) is 1.63. The number of nitrogens with zero attached hydrogens (tertiary/aromatic N) is 1. The van der Waals surface area contributed by atoms with Crippen LogP contribution in [0, 0.1) is 3.70 Å². The lowest BCUT2D eigenvalue weighted by molar-refractivity contribution is -0.136. The molecule has 0 aromatic carbocycles. The Morgan fingerprint density at radius 2 is 2.27 bits per heavy atom. The zero-order valence-electron chi connectivity index (χ0n) is 7.38. The van der Waals surface area contributed by atoms with Crippen molar-refractivity contribution >= 4 is 34.2 Å². The third-order valence-electron chi connectivity index (χ3n) is 1.66. The van der Waals surface area contributed by atoms with Crippen LogP contribution < -0.4 is 5.73 Å². The molecule has 0 saturated carbocycles. The summed E-state index contributed by atoms with van der Waals surface area (Å²) in [5.41, 5.74) is 4.98. The zero-order valence-corrected chi connectivity index (χ0v) is 9.53. The highest BCUT2D eigenvalue weighted by atomic mass is 127. The van der Waals surface area contributed by atoms with E-state index < -0.39 is 18.1 Å². The lowest BCUT2D eigenvalue weighted by Crippen LogP contribution is -2.07. The molecule has 82 valence electrons. The monoisotopic (exact) mass is 328 g/mol. The van der Waals surface area contributed by atoms with Gasteiger partial charge in [-0.3, -0.25) is 4.79 Å². The molecule has 0 saturated heterocycles. The van der Waals surface area contributed by atoms with E-state index in [-0.39, 0.29) is 15.8 Å². The van der Waals surface area contributed by atoms with E-state index in [0.29, 0.717) is 5.56 Å². The van der Waals surface area contributed by atoms with Crippen molar-refractivity contribution < 1.29 is 18.7 Å². The van der Waals surface area contributed by atoms with Crippen molar-refractivity contribution in [1.29, 1.82) is 0 Å². The van der Waals surface area contributed by atoms with Crippen molar-refractivity contribution in [3.63, 3.8) is 0 Å². The second-order valence-electron chi connectivity index (χ2n) is 2.78. The van der Waals surface area contributed by atoms with E-state index in [2.05, 4.69) is 4.98 Å². The van der Waals surface area contributed by atoms with Gasteiger partial charge in [0.05, 0.1) is 12.1 Å². The zero-order chi connectivity index (χ0) is 11.6. The minimum absolute atomic E-state index is 0.179. The van der Waals surface area contributed by atoms with E-state index in [0.717, 1.165) is 0 Å². The number of hydrogen-bond donors (Lipinski definition) is 2.